The van der Waals surface area contributed by atoms with Gasteiger partial charge in [0.05, 0.1) is 24.5 Å². The highest BCUT2D eigenvalue weighted by atomic mass is 19.4. The molecule has 0 spiro atoms. The van der Waals surface area contributed by atoms with Gasteiger partial charge in [-0.1, -0.05) is 6.07 Å². The number of nitrogens with one attached hydrogen (secondary N) is 1. The molecular formula is C24H22F4N4O2. The summed E-state index contributed by atoms with van der Waals surface area (Å²) in [5, 5.41) is 6.89. The number of anilines is 1. The second-order valence-corrected chi connectivity index (χ2v) is 8.11. The van der Waals surface area contributed by atoms with Crippen molar-refractivity contribution >= 4 is 17.7 Å². The summed E-state index contributed by atoms with van der Waals surface area (Å²) in [6, 6.07) is 5.99. The van der Waals surface area contributed by atoms with E-state index in [4.69, 9.17) is 0 Å². The molecule has 6 nitrogen and oxygen atoms in total. The first-order valence-corrected chi connectivity index (χ1v) is 10.6. The lowest BCUT2D eigenvalue weighted by atomic mass is 10.0. The maximum atomic E-state index is 14.4. The molecule has 0 aliphatic heterocycles. The van der Waals surface area contributed by atoms with E-state index in [0.29, 0.717) is 17.2 Å². The molecule has 1 fully saturated rings. The molecule has 0 bridgehead atoms. The molecule has 1 saturated carbocycles. The van der Waals surface area contributed by atoms with E-state index in [1.54, 1.807) is 31.6 Å². The molecule has 2 heterocycles. The lowest BCUT2D eigenvalue weighted by Crippen LogP contribution is -2.17. The topological polar surface area (TPSA) is 69.0 Å². The number of ether oxygens (including phenoxy) is 1. The third-order valence-electron chi connectivity index (χ3n) is 5.23. The van der Waals surface area contributed by atoms with Crippen LogP contribution < -0.4 is 5.32 Å². The summed E-state index contributed by atoms with van der Waals surface area (Å²) in [4.78, 5) is 16.8. The standard InChI is InChI=1S/C24H22F4N4O2/c1-15(8-17-10-29-7-6-20(17)18-11-30-32(12-18)19-3-4-19)23(33)31-22-5-2-16(9-21(22)25)13-34-14-24(26,27)28/h2,5-12,19H,3-4,13-14H2,1H3,(H,31,33)/b15-8-. The highest BCUT2D eigenvalue weighted by Crippen LogP contribution is 2.35. The highest BCUT2D eigenvalue weighted by Gasteiger charge is 2.27. The third-order valence-corrected chi connectivity index (χ3v) is 5.23. The van der Waals surface area contributed by atoms with Crippen molar-refractivity contribution in [2.45, 2.75) is 38.6 Å². The number of benzene rings is 1. The van der Waals surface area contributed by atoms with Crippen molar-refractivity contribution in [3.05, 3.63) is 71.6 Å². The maximum absolute atomic E-state index is 14.4. The van der Waals surface area contributed by atoms with Crippen LogP contribution in [-0.2, 0) is 16.1 Å². The predicted molar refractivity (Wildman–Crippen MR) is 118 cm³/mol. The van der Waals surface area contributed by atoms with E-state index >= 15 is 0 Å². The highest BCUT2D eigenvalue weighted by molar-refractivity contribution is 6.06. The number of hydrogen-bond donors (Lipinski definition) is 1. The van der Waals surface area contributed by atoms with Gasteiger partial charge in [0.25, 0.3) is 5.91 Å². The summed E-state index contributed by atoms with van der Waals surface area (Å²) < 4.78 is 57.4. The molecule has 10 heteroatoms. The molecule has 2 aromatic heterocycles. The Bertz CT molecular complexity index is 1220. The fourth-order valence-corrected chi connectivity index (χ4v) is 3.35. The van der Waals surface area contributed by atoms with Gasteiger partial charge in [-0.05, 0) is 55.2 Å². The van der Waals surface area contributed by atoms with Gasteiger partial charge in [0.2, 0.25) is 0 Å². The normalized spacial score (nSPS) is 14.3. The number of rotatable bonds is 8. The van der Waals surface area contributed by atoms with E-state index in [9.17, 15) is 22.4 Å². The smallest absolute Gasteiger partial charge is 0.367 e. The molecule has 0 atom stereocenters. The fraction of sp³-hybridized carbons (Fsp3) is 0.292. The van der Waals surface area contributed by atoms with Gasteiger partial charge in [0, 0.05) is 35.3 Å². The van der Waals surface area contributed by atoms with Crippen LogP contribution in [0, 0.1) is 5.82 Å². The van der Waals surface area contributed by atoms with Gasteiger partial charge < -0.3 is 10.1 Å². The molecule has 0 unspecified atom stereocenters. The second kappa shape index (κ2) is 9.76. The molecule has 1 aliphatic carbocycles. The number of carbonyl (C=O) groups is 1. The molecular weight excluding hydrogens is 452 g/mol. The Hall–Kier alpha value is -3.53. The first kappa shape index (κ1) is 23.6. The van der Waals surface area contributed by atoms with Gasteiger partial charge in [0.15, 0.2) is 0 Å². The van der Waals surface area contributed by atoms with E-state index < -0.39 is 31.1 Å². The zero-order valence-electron chi connectivity index (χ0n) is 18.3. The molecule has 178 valence electrons. The van der Waals surface area contributed by atoms with Crippen LogP contribution in [0.5, 0.6) is 0 Å². The van der Waals surface area contributed by atoms with Crippen molar-refractivity contribution in [1.82, 2.24) is 14.8 Å². The van der Waals surface area contributed by atoms with E-state index in [1.807, 2.05) is 16.9 Å². The molecule has 34 heavy (non-hydrogen) atoms. The van der Waals surface area contributed by atoms with Gasteiger partial charge in [-0.2, -0.15) is 18.3 Å². The monoisotopic (exact) mass is 474 g/mol. The molecule has 4 rings (SSSR count). The van der Waals surface area contributed by atoms with Crippen LogP contribution >= 0.6 is 0 Å². The molecule has 1 aliphatic rings. The van der Waals surface area contributed by atoms with Gasteiger partial charge >= 0.3 is 6.18 Å². The van der Waals surface area contributed by atoms with Crippen LogP contribution in [0.2, 0.25) is 0 Å². The zero-order chi connectivity index (χ0) is 24.3. The van der Waals surface area contributed by atoms with Gasteiger partial charge in [0.1, 0.15) is 12.4 Å². The molecule has 0 saturated heterocycles. The van der Waals surface area contributed by atoms with Crippen molar-refractivity contribution in [1.29, 1.82) is 0 Å². The lowest BCUT2D eigenvalue weighted by molar-refractivity contribution is -0.176. The minimum absolute atomic E-state index is 0.0885. The lowest BCUT2D eigenvalue weighted by Gasteiger charge is -2.10. The summed E-state index contributed by atoms with van der Waals surface area (Å²) >= 11 is 0. The average molecular weight is 474 g/mol. The quantitative estimate of drug-likeness (QED) is 0.344. The molecule has 1 aromatic carbocycles. The van der Waals surface area contributed by atoms with E-state index in [-0.39, 0.29) is 11.3 Å². The summed E-state index contributed by atoms with van der Waals surface area (Å²) in [7, 11) is 0. The number of pyridine rings is 1. The maximum Gasteiger partial charge on any atom is 0.411 e. The average Bonchev–Trinajstić information content (AvgIpc) is 3.52. The first-order valence-electron chi connectivity index (χ1n) is 10.6. The van der Waals surface area contributed by atoms with Crippen molar-refractivity contribution in [3.63, 3.8) is 0 Å². The number of hydrogen-bond acceptors (Lipinski definition) is 4. The molecule has 0 radical (unpaired) electrons. The Kier molecular flexibility index (Phi) is 6.78. The summed E-state index contributed by atoms with van der Waals surface area (Å²) in [6.45, 7) is -0.226. The molecule has 3 aromatic rings. The van der Waals surface area contributed by atoms with Crippen LogP contribution in [0.4, 0.5) is 23.2 Å². The number of alkyl halides is 3. The molecule has 1 amide bonds. The Labute approximate surface area is 193 Å². The van der Waals surface area contributed by atoms with Crippen LogP contribution in [0.15, 0.2) is 54.6 Å². The van der Waals surface area contributed by atoms with Crippen molar-refractivity contribution < 1.29 is 27.1 Å². The van der Waals surface area contributed by atoms with Crippen molar-refractivity contribution in [2.75, 3.05) is 11.9 Å². The van der Waals surface area contributed by atoms with E-state index in [0.717, 1.165) is 30.0 Å². The second-order valence-electron chi connectivity index (χ2n) is 8.11. The Morgan fingerprint density at radius 2 is 2.06 bits per heavy atom. The number of halogens is 4. The number of carbonyl (C=O) groups excluding carboxylic acids is 1. The Morgan fingerprint density at radius 1 is 1.26 bits per heavy atom. The van der Waals surface area contributed by atoms with Gasteiger partial charge in [-0.25, -0.2) is 4.39 Å². The number of amides is 1. The minimum Gasteiger partial charge on any atom is -0.367 e. The van der Waals surface area contributed by atoms with E-state index in [2.05, 4.69) is 20.1 Å². The summed E-state index contributed by atoms with van der Waals surface area (Å²) in [5.41, 5.74) is 2.93. The largest absolute Gasteiger partial charge is 0.411 e. The zero-order valence-corrected chi connectivity index (χ0v) is 18.3. The summed E-state index contributed by atoms with van der Waals surface area (Å²) in [5.74, 6) is -1.30. The Morgan fingerprint density at radius 3 is 2.76 bits per heavy atom. The van der Waals surface area contributed by atoms with Gasteiger partial charge in [-0.3, -0.25) is 14.5 Å². The fourth-order valence-electron chi connectivity index (χ4n) is 3.35. The van der Waals surface area contributed by atoms with Crippen LogP contribution in [0.3, 0.4) is 0 Å². The SMILES string of the molecule is C/C(=C/c1cnccc1-c1cnn(C2CC2)c1)C(=O)Nc1ccc(COCC(F)(F)F)cc1F. The number of nitrogens with zero attached hydrogens (tertiary/aromatic N) is 3. The van der Waals surface area contributed by atoms with E-state index in [1.165, 1.54) is 12.1 Å². The minimum atomic E-state index is -4.46. The Balaban J connectivity index is 1.44. The van der Waals surface area contributed by atoms with Gasteiger partial charge in [-0.15, -0.1) is 0 Å². The van der Waals surface area contributed by atoms with Crippen LogP contribution in [0.25, 0.3) is 17.2 Å². The third kappa shape index (κ3) is 6.07. The first-order chi connectivity index (χ1) is 16.2. The number of aromatic nitrogens is 3. The van der Waals surface area contributed by atoms with Crippen LogP contribution in [-0.4, -0.2) is 33.5 Å². The van der Waals surface area contributed by atoms with Crippen LogP contribution in [0.1, 0.15) is 36.9 Å². The predicted octanol–water partition coefficient (Wildman–Crippen LogP) is 5.54. The molecule has 1 N–H and O–H groups in total. The summed E-state index contributed by atoms with van der Waals surface area (Å²) in [6.07, 6.45) is 6.46. The van der Waals surface area contributed by atoms with Crippen molar-refractivity contribution in [2.24, 2.45) is 0 Å². The van der Waals surface area contributed by atoms with Crippen molar-refractivity contribution in [3.8, 4) is 11.1 Å².